The fourth-order valence-electron chi connectivity index (χ4n) is 3.64. The molecule has 0 saturated carbocycles. The molecule has 2 N–H and O–H groups in total. The van der Waals surface area contributed by atoms with E-state index >= 15 is 0 Å². The number of hydrogen-bond acceptors (Lipinski definition) is 8. The summed E-state index contributed by atoms with van der Waals surface area (Å²) in [5.74, 6) is -3.68. The fraction of sp³-hybridized carbons (Fsp3) is 0.346. The Morgan fingerprint density at radius 3 is 2.24 bits per heavy atom. The number of carbonyl (C=O) groups is 3. The molecule has 1 aliphatic rings. The van der Waals surface area contributed by atoms with Crippen molar-refractivity contribution in [3.05, 3.63) is 70.6 Å². The van der Waals surface area contributed by atoms with E-state index in [-0.39, 0.29) is 41.5 Å². The van der Waals surface area contributed by atoms with Crippen LogP contribution < -0.4 is 10.1 Å². The van der Waals surface area contributed by atoms with Crippen molar-refractivity contribution in [1.82, 2.24) is 5.32 Å². The second-order valence-electron chi connectivity index (χ2n) is 8.69. The zero-order chi connectivity index (χ0) is 25.0. The van der Waals surface area contributed by atoms with E-state index < -0.39 is 34.9 Å². The Balaban J connectivity index is 2.24. The minimum atomic E-state index is -1.36. The predicted octanol–water partition coefficient (Wildman–Crippen LogP) is 3.83. The molecular formula is C26H29NO7. The number of fused-ring (bicyclic) bond motifs is 1. The Morgan fingerprint density at radius 2 is 1.65 bits per heavy atom. The summed E-state index contributed by atoms with van der Waals surface area (Å²) in [6.07, 6.45) is 0. The first-order chi connectivity index (χ1) is 16.1. The van der Waals surface area contributed by atoms with Crippen LogP contribution in [0.15, 0.2) is 53.9 Å². The number of esters is 2. The molecule has 8 heteroatoms. The van der Waals surface area contributed by atoms with Crippen molar-refractivity contribution in [2.45, 2.75) is 46.1 Å². The van der Waals surface area contributed by atoms with Crippen molar-refractivity contribution < 1.29 is 33.7 Å². The normalized spacial score (nSPS) is 15.1. The van der Waals surface area contributed by atoms with Crippen LogP contribution in [0, 0.1) is 0 Å². The van der Waals surface area contributed by atoms with Crippen molar-refractivity contribution in [3.63, 3.8) is 0 Å². The largest absolute Gasteiger partial charge is 0.507 e. The van der Waals surface area contributed by atoms with Gasteiger partial charge in [0.05, 0.1) is 24.3 Å². The Morgan fingerprint density at radius 1 is 1.00 bits per heavy atom. The molecule has 0 aromatic heterocycles. The van der Waals surface area contributed by atoms with E-state index in [9.17, 15) is 19.5 Å². The lowest BCUT2D eigenvalue weighted by molar-refractivity contribution is -0.148. The van der Waals surface area contributed by atoms with Crippen molar-refractivity contribution in [1.29, 1.82) is 0 Å². The van der Waals surface area contributed by atoms with Gasteiger partial charge in [-0.2, -0.15) is 0 Å². The summed E-state index contributed by atoms with van der Waals surface area (Å²) in [5.41, 5.74) is -0.364. The van der Waals surface area contributed by atoms with E-state index in [1.807, 2.05) is 20.8 Å². The summed E-state index contributed by atoms with van der Waals surface area (Å²) >= 11 is 0. The van der Waals surface area contributed by atoms with E-state index in [0.717, 1.165) is 0 Å². The molecule has 1 unspecified atom stereocenters. The number of ketones is 1. The Labute approximate surface area is 198 Å². The molecule has 34 heavy (non-hydrogen) atoms. The van der Waals surface area contributed by atoms with Gasteiger partial charge in [0.15, 0.2) is 5.78 Å². The Bertz CT molecular complexity index is 1130. The third-order valence-corrected chi connectivity index (χ3v) is 5.00. The smallest absolute Gasteiger partial charge is 0.340 e. The van der Waals surface area contributed by atoms with Gasteiger partial charge in [0.25, 0.3) is 0 Å². The highest BCUT2D eigenvalue weighted by Crippen LogP contribution is 2.46. The zero-order valence-electron chi connectivity index (χ0n) is 19.9. The molecule has 8 nitrogen and oxygen atoms in total. The highest BCUT2D eigenvalue weighted by molar-refractivity contribution is 6.11. The summed E-state index contributed by atoms with van der Waals surface area (Å²) in [5, 5.41) is 14.3. The average molecular weight is 468 g/mol. The predicted molar refractivity (Wildman–Crippen MR) is 125 cm³/mol. The van der Waals surface area contributed by atoms with E-state index in [0.29, 0.717) is 5.56 Å². The van der Waals surface area contributed by atoms with Gasteiger partial charge in [-0.15, -0.1) is 0 Å². The Hall–Kier alpha value is -3.81. The minimum absolute atomic E-state index is 0.0252. The highest BCUT2D eigenvalue weighted by atomic mass is 16.5. The SMILES string of the molecule is CCOC(=O)C1=C(NC(C)(C)C)Oc2ccc(C(=O)c3ccccc3)c(O)c2C1C(=O)OCC. The third-order valence-electron chi connectivity index (χ3n) is 5.00. The second-order valence-corrected chi connectivity index (χ2v) is 8.69. The van der Waals surface area contributed by atoms with Gasteiger partial charge in [0.1, 0.15) is 23.0 Å². The van der Waals surface area contributed by atoms with Crippen LogP contribution >= 0.6 is 0 Å². The number of ether oxygens (including phenoxy) is 3. The Kier molecular flexibility index (Phi) is 7.29. The van der Waals surface area contributed by atoms with Gasteiger partial charge in [-0.25, -0.2) is 4.79 Å². The zero-order valence-corrected chi connectivity index (χ0v) is 19.9. The maximum absolute atomic E-state index is 13.2. The molecule has 1 heterocycles. The van der Waals surface area contributed by atoms with Crippen molar-refractivity contribution in [2.75, 3.05) is 13.2 Å². The summed E-state index contributed by atoms with van der Waals surface area (Å²) in [4.78, 5) is 39.3. The first-order valence-corrected chi connectivity index (χ1v) is 11.1. The monoisotopic (exact) mass is 467 g/mol. The number of benzene rings is 2. The number of carbonyl (C=O) groups excluding carboxylic acids is 3. The first-order valence-electron chi connectivity index (χ1n) is 11.1. The number of hydrogen-bond donors (Lipinski definition) is 2. The number of phenolic OH excluding ortho intramolecular Hbond substituents is 1. The van der Waals surface area contributed by atoms with Crippen molar-refractivity contribution >= 4 is 17.7 Å². The molecule has 2 aromatic carbocycles. The number of rotatable bonds is 7. The molecule has 0 fully saturated rings. The molecule has 0 radical (unpaired) electrons. The first kappa shape index (κ1) is 24.8. The van der Waals surface area contributed by atoms with Crippen molar-refractivity contribution in [2.24, 2.45) is 0 Å². The summed E-state index contributed by atoms with van der Waals surface area (Å²) in [7, 11) is 0. The van der Waals surface area contributed by atoms with Crippen LogP contribution in [0.2, 0.25) is 0 Å². The van der Waals surface area contributed by atoms with Gasteiger partial charge in [0.2, 0.25) is 5.88 Å². The lowest BCUT2D eigenvalue weighted by Crippen LogP contribution is -2.42. The molecule has 180 valence electrons. The van der Waals surface area contributed by atoms with Crippen LogP contribution in [0.1, 0.15) is 62.0 Å². The molecule has 2 aromatic rings. The maximum Gasteiger partial charge on any atom is 0.340 e. The van der Waals surface area contributed by atoms with Crippen LogP contribution in [0.25, 0.3) is 0 Å². The van der Waals surface area contributed by atoms with Gasteiger partial charge in [-0.1, -0.05) is 30.3 Å². The van der Waals surface area contributed by atoms with Crippen LogP contribution in [-0.2, 0) is 19.1 Å². The molecule has 1 aliphatic heterocycles. The van der Waals surface area contributed by atoms with Gasteiger partial charge in [0, 0.05) is 11.1 Å². The number of nitrogens with one attached hydrogen (secondary N) is 1. The summed E-state index contributed by atoms with van der Waals surface area (Å²) in [6, 6.07) is 11.3. The highest BCUT2D eigenvalue weighted by Gasteiger charge is 2.44. The quantitative estimate of drug-likeness (QED) is 0.467. The van der Waals surface area contributed by atoms with Gasteiger partial charge in [-0.3, -0.25) is 9.59 Å². The molecule has 0 saturated heterocycles. The molecule has 3 rings (SSSR count). The van der Waals surface area contributed by atoms with Gasteiger partial charge >= 0.3 is 11.9 Å². The van der Waals surface area contributed by atoms with Gasteiger partial charge in [-0.05, 0) is 46.8 Å². The minimum Gasteiger partial charge on any atom is -0.507 e. The maximum atomic E-state index is 13.2. The number of phenols is 1. The lowest BCUT2D eigenvalue weighted by atomic mass is 9.85. The van der Waals surface area contributed by atoms with Crippen LogP contribution in [0.5, 0.6) is 11.5 Å². The molecule has 0 amide bonds. The molecule has 0 aliphatic carbocycles. The lowest BCUT2D eigenvalue weighted by Gasteiger charge is -2.33. The standard InChI is InChI=1S/C26H29NO7/c1-6-32-24(30)19-18-17(34-23(27-26(3,4)5)20(19)25(31)33-7-2)14-13-16(22(18)29)21(28)15-11-9-8-10-12-15/h8-14,19,27,29H,6-7H2,1-5H3. The van der Waals surface area contributed by atoms with Crippen molar-refractivity contribution in [3.8, 4) is 11.5 Å². The molecule has 0 spiro atoms. The van der Waals surface area contributed by atoms with E-state index in [2.05, 4.69) is 5.32 Å². The topological polar surface area (TPSA) is 111 Å². The fourth-order valence-corrected chi connectivity index (χ4v) is 3.64. The summed E-state index contributed by atoms with van der Waals surface area (Å²) < 4.78 is 16.4. The average Bonchev–Trinajstić information content (AvgIpc) is 2.78. The molecular weight excluding hydrogens is 438 g/mol. The van der Waals surface area contributed by atoms with E-state index in [4.69, 9.17) is 14.2 Å². The third kappa shape index (κ3) is 5.06. The van der Waals surface area contributed by atoms with E-state index in [1.165, 1.54) is 12.1 Å². The number of aromatic hydroxyl groups is 1. The second kappa shape index (κ2) is 9.99. The molecule has 1 atom stereocenters. The molecule has 0 bridgehead atoms. The van der Waals surface area contributed by atoms with Crippen LogP contribution in [0.3, 0.4) is 0 Å². The van der Waals surface area contributed by atoms with Crippen LogP contribution in [0.4, 0.5) is 0 Å². The summed E-state index contributed by atoms with van der Waals surface area (Å²) in [6.45, 7) is 8.97. The van der Waals surface area contributed by atoms with E-state index in [1.54, 1.807) is 44.2 Å². The van der Waals surface area contributed by atoms with Crippen LogP contribution in [-0.4, -0.2) is 41.6 Å². The van der Waals surface area contributed by atoms with Gasteiger partial charge < -0.3 is 24.6 Å².